The second-order valence-electron chi connectivity index (χ2n) is 4.57. The number of hydrogen-bond acceptors (Lipinski definition) is 4. The van der Waals surface area contributed by atoms with E-state index < -0.39 is 16.1 Å². The Hall–Kier alpha value is -1.11. The molecule has 0 unspecified atom stereocenters. The van der Waals surface area contributed by atoms with E-state index in [-0.39, 0.29) is 11.4 Å². The molecular weight excluding hydrogens is 264 g/mol. The Labute approximate surface area is 114 Å². The zero-order valence-electron chi connectivity index (χ0n) is 11.6. The van der Waals surface area contributed by atoms with Crippen molar-refractivity contribution in [1.29, 1.82) is 0 Å². The van der Waals surface area contributed by atoms with Crippen LogP contribution in [0, 0.1) is 0 Å². The minimum absolute atomic E-state index is 0.0122. The van der Waals surface area contributed by atoms with Crippen molar-refractivity contribution in [2.45, 2.75) is 44.6 Å². The molecule has 1 rings (SSSR count). The first-order chi connectivity index (χ1) is 8.81. The summed E-state index contributed by atoms with van der Waals surface area (Å²) in [6.45, 7) is 5.33. The predicted molar refractivity (Wildman–Crippen MR) is 76.5 cm³/mol. The number of anilines is 1. The van der Waals surface area contributed by atoms with Gasteiger partial charge in [-0.3, -0.25) is 0 Å². The fourth-order valence-electron chi connectivity index (χ4n) is 1.86. The molecule has 6 heteroatoms. The number of hydrogen-bond donors (Lipinski definition) is 3. The third-order valence-corrected chi connectivity index (χ3v) is 4.41. The first-order valence-corrected chi connectivity index (χ1v) is 7.89. The third-order valence-electron chi connectivity index (χ3n) is 2.92. The number of nitrogens with one attached hydrogen (secondary N) is 1. The van der Waals surface area contributed by atoms with Gasteiger partial charge in [0, 0.05) is 12.2 Å². The molecule has 108 valence electrons. The molecule has 0 heterocycles. The van der Waals surface area contributed by atoms with Gasteiger partial charge in [0.1, 0.15) is 0 Å². The Kier molecular flexibility index (Phi) is 5.34. The molecule has 1 aromatic rings. The van der Waals surface area contributed by atoms with Crippen molar-refractivity contribution >= 4 is 15.7 Å². The molecular formula is C13H22N2O3S. The average Bonchev–Trinajstić information content (AvgIpc) is 2.35. The highest BCUT2D eigenvalue weighted by Crippen LogP contribution is 2.25. The molecule has 19 heavy (non-hydrogen) atoms. The van der Waals surface area contributed by atoms with Crippen LogP contribution in [0.25, 0.3) is 0 Å². The molecule has 0 bridgehead atoms. The molecule has 0 saturated carbocycles. The van der Waals surface area contributed by atoms with Crippen LogP contribution in [0.4, 0.5) is 5.69 Å². The summed E-state index contributed by atoms with van der Waals surface area (Å²) in [6, 6.07) is 3.46. The first kappa shape index (κ1) is 15.9. The lowest BCUT2D eigenvalue weighted by molar-refractivity contribution is 0.198. The van der Waals surface area contributed by atoms with Crippen molar-refractivity contribution in [3.63, 3.8) is 0 Å². The molecule has 0 aromatic heterocycles. The maximum atomic E-state index is 12.3. The Bertz CT molecular complexity index is 539. The van der Waals surface area contributed by atoms with Gasteiger partial charge in [-0.05, 0) is 43.0 Å². The van der Waals surface area contributed by atoms with Crippen LogP contribution in [0.2, 0.25) is 0 Å². The summed E-state index contributed by atoms with van der Waals surface area (Å²) in [5, 5.41) is 9.19. The van der Waals surface area contributed by atoms with E-state index in [2.05, 4.69) is 4.72 Å². The van der Waals surface area contributed by atoms with Gasteiger partial charge in [-0.2, -0.15) is 0 Å². The monoisotopic (exact) mass is 286 g/mol. The summed E-state index contributed by atoms with van der Waals surface area (Å²) in [5.74, 6) is 0. The van der Waals surface area contributed by atoms with Gasteiger partial charge in [0.15, 0.2) is 0 Å². The number of aliphatic hydroxyl groups excluding tert-OH is 1. The fraction of sp³-hybridized carbons (Fsp3) is 0.538. The summed E-state index contributed by atoms with van der Waals surface area (Å²) in [4.78, 5) is 0.215. The van der Waals surface area contributed by atoms with Crippen LogP contribution < -0.4 is 10.5 Å². The summed E-state index contributed by atoms with van der Waals surface area (Å²) >= 11 is 0. The molecule has 0 radical (unpaired) electrons. The molecule has 0 aliphatic rings. The normalized spacial score (nSPS) is 13.5. The van der Waals surface area contributed by atoms with E-state index in [9.17, 15) is 13.5 Å². The largest absolute Gasteiger partial charge is 0.398 e. The maximum absolute atomic E-state index is 12.3. The second kappa shape index (κ2) is 6.36. The third kappa shape index (κ3) is 3.92. The van der Waals surface area contributed by atoms with Gasteiger partial charge in [0.2, 0.25) is 10.0 Å². The average molecular weight is 286 g/mol. The number of rotatable bonds is 6. The smallest absolute Gasteiger partial charge is 0.241 e. The van der Waals surface area contributed by atoms with Crippen LogP contribution in [0.3, 0.4) is 0 Å². The van der Waals surface area contributed by atoms with Crippen LogP contribution in [0.5, 0.6) is 0 Å². The molecule has 0 aliphatic carbocycles. The van der Waals surface area contributed by atoms with Gasteiger partial charge >= 0.3 is 0 Å². The molecule has 0 aliphatic heterocycles. The molecule has 5 nitrogen and oxygen atoms in total. The summed E-state index contributed by atoms with van der Waals surface area (Å²) in [6.07, 6.45) is 0.528. The Balaban J connectivity index is 3.27. The highest BCUT2D eigenvalue weighted by atomic mass is 32.2. The number of aryl methyl sites for hydroxylation is 1. The number of sulfonamides is 1. The van der Waals surface area contributed by atoms with Crippen molar-refractivity contribution in [3.8, 4) is 0 Å². The molecule has 1 atom stereocenters. The van der Waals surface area contributed by atoms with Crippen LogP contribution in [-0.4, -0.2) is 26.2 Å². The van der Waals surface area contributed by atoms with Crippen molar-refractivity contribution < 1.29 is 13.5 Å². The number of nitrogens with two attached hydrogens (primary N) is 1. The minimum Gasteiger partial charge on any atom is -0.398 e. The highest BCUT2D eigenvalue weighted by Gasteiger charge is 2.20. The van der Waals surface area contributed by atoms with Crippen molar-refractivity contribution in [1.82, 2.24) is 4.72 Å². The molecule has 4 N–H and O–H groups in total. The van der Waals surface area contributed by atoms with Gasteiger partial charge in [-0.25, -0.2) is 13.1 Å². The Morgan fingerprint density at radius 2 is 1.95 bits per heavy atom. The molecule has 0 spiro atoms. The topological polar surface area (TPSA) is 92.4 Å². The van der Waals surface area contributed by atoms with E-state index in [1.165, 1.54) is 6.92 Å². The van der Waals surface area contributed by atoms with Crippen LogP contribution in [0.1, 0.15) is 31.9 Å². The van der Waals surface area contributed by atoms with Crippen molar-refractivity contribution in [3.05, 3.63) is 23.3 Å². The number of aliphatic hydroxyl groups is 1. The molecule has 0 amide bonds. The van der Waals surface area contributed by atoms with E-state index in [1.54, 1.807) is 6.07 Å². The van der Waals surface area contributed by atoms with Gasteiger partial charge in [-0.15, -0.1) is 0 Å². The van der Waals surface area contributed by atoms with Crippen molar-refractivity contribution in [2.75, 3.05) is 12.3 Å². The molecule has 1 aromatic carbocycles. The minimum atomic E-state index is -3.64. The summed E-state index contributed by atoms with van der Waals surface area (Å²) < 4.78 is 26.9. The first-order valence-electron chi connectivity index (χ1n) is 6.40. The van der Waals surface area contributed by atoms with E-state index in [4.69, 9.17) is 5.73 Å². The van der Waals surface area contributed by atoms with E-state index >= 15 is 0 Å². The quantitative estimate of drug-likeness (QED) is 0.682. The standard InChI is InChI=1S/C13H22N2O3S/c1-4-10-6-12(14)11(5-2)13(7-10)19(17,18)15-8-9(3)16/h6-7,9,15-16H,4-5,8,14H2,1-3H3/t9-/m0/s1. The number of nitrogen functional groups attached to an aromatic ring is 1. The maximum Gasteiger partial charge on any atom is 0.241 e. The molecule has 0 saturated heterocycles. The van der Waals surface area contributed by atoms with Gasteiger partial charge in [-0.1, -0.05) is 13.8 Å². The highest BCUT2D eigenvalue weighted by molar-refractivity contribution is 7.89. The van der Waals surface area contributed by atoms with Gasteiger partial charge in [0.05, 0.1) is 11.0 Å². The van der Waals surface area contributed by atoms with Crippen molar-refractivity contribution in [2.24, 2.45) is 0 Å². The van der Waals surface area contributed by atoms with E-state index in [1.807, 2.05) is 19.9 Å². The van der Waals surface area contributed by atoms with E-state index in [0.29, 0.717) is 24.1 Å². The summed E-state index contributed by atoms with van der Waals surface area (Å²) in [5.41, 5.74) is 7.92. The Morgan fingerprint density at radius 1 is 1.32 bits per heavy atom. The lowest BCUT2D eigenvalue weighted by atomic mass is 10.1. The summed E-state index contributed by atoms with van der Waals surface area (Å²) in [7, 11) is -3.64. The predicted octanol–water partition coefficient (Wildman–Crippen LogP) is 1.05. The van der Waals surface area contributed by atoms with Gasteiger partial charge in [0.25, 0.3) is 0 Å². The Morgan fingerprint density at radius 3 is 2.42 bits per heavy atom. The zero-order chi connectivity index (χ0) is 14.6. The lowest BCUT2D eigenvalue weighted by Gasteiger charge is -2.15. The second-order valence-corrected chi connectivity index (χ2v) is 6.31. The van der Waals surface area contributed by atoms with Crippen LogP contribution in [0.15, 0.2) is 17.0 Å². The van der Waals surface area contributed by atoms with E-state index in [0.717, 1.165) is 5.56 Å². The van der Waals surface area contributed by atoms with Crippen LogP contribution >= 0.6 is 0 Å². The molecule has 0 fully saturated rings. The fourth-order valence-corrected chi connectivity index (χ4v) is 3.37. The lowest BCUT2D eigenvalue weighted by Crippen LogP contribution is -2.31. The van der Waals surface area contributed by atoms with Gasteiger partial charge < -0.3 is 10.8 Å². The zero-order valence-corrected chi connectivity index (χ0v) is 12.4. The SMILES string of the molecule is CCc1cc(N)c(CC)c(S(=O)(=O)NC[C@H](C)O)c1. The van der Waals surface area contributed by atoms with Crippen LogP contribution in [-0.2, 0) is 22.9 Å². The number of benzene rings is 1.